The summed E-state index contributed by atoms with van der Waals surface area (Å²) >= 11 is 0. The van der Waals surface area contributed by atoms with Crippen LogP contribution in [0.1, 0.15) is 12.5 Å². The molecule has 2 aromatic carbocycles. The molecule has 0 aliphatic heterocycles. The van der Waals surface area contributed by atoms with Crippen LogP contribution in [-0.4, -0.2) is 25.2 Å². The topological polar surface area (TPSA) is 79.5 Å². The van der Waals surface area contributed by atoms with Gasteiger partial charge in [-0.1, -0.05) is 24.3 Å². The number of rotatable bonds is 6. The van der Waals surface area contributed by atoms with Gasteiger partial charge in [0.1, 0.15) is 11.9 Å². The average Bonchev–Trinajstić information content (AvgIpc) is 2.60. The van der Waals surface area contributed by atoms with Crippen molar-refractivity contribution in [3.8, 4) is 0 Å². The van der Waals surface area contributed by atoms with Crippen molar-refractivity contribution in [3.05, 3.63) is 59.9 Å². The molecule has 2 rings (SSSR count). The lowest BCUT2D eigenvalue weighted by Crippen LogP contribution is -2.29. The Balaban J connectivity index is 1.91. The summed E-state index contributed by atoms with van der Waals surface area (Å²) in [6.07, 6.45) is -0.583. The molecule has 6 nitrogen and oxygen atoms in total. The van der Waals surface area contributed by atoms with Gasteiger partial charge in [-0.05, 0) is 31.2 Å². The molecule has 0 spiro atoms. The Morgan fingerprint density at radius 2 is 1.76 bits per heavy atom. The van der Waals surface area contributed by atoms with E-state index in [1.54, 1.807) is 49.4 Å². The van der Waals surface area contributed by atoms with Crippen LogP contribution in [0.5, 0.6) is 0 Å². The third-order valence-corrected chi connectivity index (χ3v) is 3.51. The molecule has 1 atom stereocenters. The van der Waals surface area contributed by atoms with Crippen LogP contribution >= 0.6 is 0 Å². The fourth-order valence-corrected chi connectivity index (χ4v) is 2.02. The number of hydrogen-bond acceptors (Lipinski definition) is 3. The SMILES string of the molecule is CO[C@H](C)C(=O)Nc1cccc(NC(=O)NCc2ccccc2F)c1. The predicted octanol–water partition coefficient (Wildman–Crippen LogP) is 3.12. The second kappa shape index (κ2) is 8.79. The van der Waals surface area contributed by atoms with E-state index in [2.05, 4.69) is 16.0 Å². The Kier molecular flexibility index (Phi) is 6.47. The first-order valence-corrected chi connectivity index (χ1v) is 7.71. The van der Waals surface area contributed by atoms with Gasteiger partial charge in [0.25, 0.3) is 5.91 Å². The molecule has 0 aromatic heterocycles. The van der Waals surface area contributed by atoms with Crippen LogP contribution in [0.25, 0.3) is 0 Å². The summed E-state index contributed by atoms with van der Waals surface area (Å²) in [5.74, 6) is -0.663. The Hall–Kier alpha value is -2.93. The lowest BCUT2D eigenvalue weighted by molar-refractivity contribution is -0.124. The van der Waals surface area contributed by atoms with Gasteiger partial charge in [-0.25, -0.2) is 9.18 Å². The number of nitrogens with one attached hydrogen (secondary N) is 3. The van der Waals surface area contributed by atoms with E-state index >= 15 is 0 Å². The predicted molar refractivity (Wildman–Crippen MR) is 93.8 cm³/mol. The minimum atomic E-state index is -0.583. The first-order chi connectivity index (χ1) is 12.0. The number of methoxy groups -OCH3 is 1. The average molecular weight is 345 g/mol. The van der Waals surface area contributed by atoms with Gasteiger partial charge < -0.3 is 20.7 Å². The van der Waals surface area contributed by atoms with Crippen molar-refractivity contribution in [2.75, 3.05) is 17.7 Å². The minimum Gasteiger partial charge on any atom is -0.372 e. The second-order valence-corrected chi connectivity index (χ2v) is 5.35. The van der Waals surface area contributed by atoms with Gasteiger partial charge in [0.05, 0.1) is 0 Å². The van der Waals surface area contributed by atoms with Crippen molar-refractivity contribution < 1.29 is 18.7 Å². The third-order valence-electron chi connectivity index (χ3n) is 3.51. The highest BCUT2D eigenvalue weighted by molar-refractivity contribution is 5.95. The van der Waals surface area contributed by atoms with E-state index in [1.807, 2.05) is 0 Å². The van der Waals surface area contributed by atoms with E-state index in [1.165, 1.54) is 13.2 Å². The molecule has 0 saturated carbocycles. The summed E-state index contributed by atoms with van der Waals surface area (Å²) in [7, 11) is 1.45. The number of amides is 3. The highest BCUT2D eigenvalue weighted by Crippen LogP contribution is 2.15. The van der Waals surface area contributed by atoms with Crippen LogP contribution in [0.2, 0.25) is 0 Å². The molecule has 0 aliphatic carbocycles. The first-order valence-electron chi connectivity index (χ1n) is 7.71. The molecule has 0 saturated heterocycles. The molecular formula is C18H20FN3O3. The second-order valence-electron chi connectivity index (χ2n) is 5.35. The maximum absolute atomic E-state index is 13.5. The van der Waals surface area contributed by atoms with Crippen molar-refractivity contribution in [2.24, 2.45) is 0 Å². The number of carbonyl (C=O) groups excluding carboxylic acids is 2. The summed E-state index contributed by atoms with van der Waals surface area (Å²) in [5, 5.41) is 7.90. The molecule has 3 amide bonds. The van der Waals surface area contributed by atoms with Crippen molar-refractivity contribution in [1.29, 1.82) is 0 Å². The number of urea groups is 1. The van der Waals surface area contributed by atoms with Crippen LogP contribution in [0.3, 0.4) is 0 Å². The Morgan fingerprint density at radius 1 is 1.08 bits per heavy atom. The van der Waals surface area contributed by atoms with Gasteiger partial charge in [0.15, 0.2) is 0 Å². The van der Waals surface area contributed by atoms with Crippen LogP contribution in [0.15, 0.2) is 48.5 Å². The van der Waals surface area contributed by atoms with Crippen LogP contribution in [-0.2, 0) is 16.1 Å². The number of carbonyl (C=O) groups is 2. The number of ether oxygens (including phenoxy) is 1. The molecule has 0 bridgehead atoms. The molecular weight excluding hydrogens is 325 g/mol. The molecule has 0 heterocycles. The van der Waals surface area contributed by atoms with Crippen molar-refractivity contribution in [1.82, 2.24) is 5.32 Å². The zero-order valence-corrected chi connectivity index (χ0v) is 14.0. The summed E-state index contributed by atoms with van der Waals surface area (Å²) in [6.45, 7) is 1.70. The fourth-order valence-electron chi connectivity index (χ4n) is 2.02. The fraction of sp³-hybridized carbons (Fsp3) is 0.222. The van der Waals surface area contributed by atoms with Crippen LogP contribution < -0.4 is 16.0 Å². The molecule has 132 valence electrons. The lowest BCUT2D eigenvalue weighted by Gasteiger charge is -2.12. The van der Waals surface area contributed by atoms with Gasteiger partial charge in [-0.2, -0.15) is 0 Å². The zero-order chi connectivity index (χ0) is 18.2. The van der Waals surface area contributed by atoms with Crippen LogP contribution in [0, 0.1) is 5.82 Å². The number of halogens is 1. The van der Waals surface area contributed by atoms with Gasteiger partial charge >= 0.3 is 6.03 Å². The normalized spacial score (nSPS) is 11.5. The highest BCUT2D eigenvalue weighted by atomic mass is 19.1. The van der Waals surface area contributed by atoms with E-state index in [9.17, 15) is 14.0 Å². The van der Waals surface area contributed by atoms with E-state index in [-0.39, 0.29) is 18.3 Å². The summed E-state index contributed by atoms with van der Waals surface area (Å²) in [4.78, 5) is 23.7. The molecule has 0 unspecified atom stereocenters. The third kappa shape index (κ3) is 5.58. The minimum absolute atomic E-state index is 0.0697. The van der Waals surface area contributed by atoms with Crippen LogP contribution in [0.4, 0.5) is 20.6 Å². The molecule has 0 aliphatic rings. The Morgan fingerprint density at radius 3 is 2.44 bits per heavy atom. The maximum atomic E-state index is 13.5. The van der Waals surface area contributed by atoms with E-state index in [0.717, 1.165) is 0 Å². The van der Waals surface area contributed by atoms with Crippen molar-refractivity contribution >= 4 is 23.3 Å². The summed E-state index contributed by atoms with van der Waals surface area (Å²) in [5.41, 5.74) is 1.42. The lowest BCUT2D eigenvalue weighted by atomic mass is 10.2. The van der Waals surface area contributed by atoms with E-state index in [0.29, 0.717) is 16.9 Å². The van der Waals surface area contributed by atoms with Gasteiger partial charge in [0.2, 0.25) is 0 Å². The van der Waals surface area contributed by atoms with Crippen molar-refractivity contribution in [3.63, 3.8) is 0 Å². The summed E-state index contributed by atoms with van der Waals surface area (Å²) in [6, 6.07) is 12.4. The number of hydrogen-bond donors (Lipinski definition) is 3. The quantitative estimate of drug-likeness (QED) is 0.752. The standard InChI is InChI=1S/C18H20FN3O3/c1-12(25-2)17(23)21-14-7-5-8-15(10-14)22-18(24)20-11-13-6-3-4-9-16(13)19/h3-10,12H,11H2,1-2H3,(H,21,23)(H2,20,22,24)/t12-/m1/s1. The highest BCUT2D eigenvalue weighted by Gasteiger charge is 2.12. The number of benzene rings is 2. The first kappa shape index (κ1) is 18.4. The zero-order valence-electron chi connectivity index (χ0n) is 14.0. The molecule has 0 fully saturated rings. The van der Waals surface area contributed by atoms with Gasteiger partial charge in [-0.15, -0.1) is 0 Å². The number of anilines is 2. The van der Waals surface area contributed by atoms with E-state index < -0.39 is 12.1 Å². The largest absolute Gasteiger partial charge is 0.372 e. The monoisotopic (exact) mass is 345 g/mol. The molecule has 3 N–H and O–H groups in total. The summed E-state index contributed by atoms with van der Waals surface area (Å²) < 4.78 is 18.5. The van der Waals surface area contributed by atoms with Crippen molar-refractivity contribution in [2.45, 2.75) is 19.6 Å². The van der Waals surface area contributed by atoms with Gasteiger partial charge in [0, 0.05) is 30.6 Å². The molecule has 2 aromatic rings. The Labute approximate surface area is 145 Å². The smallest absolute Gasteiger partial charge is 0.319 e. The molecule has 25 heavy (non-hydrogen) atoms. The van der Waals surface area contributed by atoms with Gasteiger partial charge in [-0.3, -0.25) is 4.79 Å². The Bertz CT molecular complexity index is 752. The maximum Gasteiger partial charge on any atom is 0.319 e. The molecule has 7 heteroatoms. The molecule has 0 radical (unpaired) electrons. The van der Waals surface area contributed by atoms with E-state index in [4.69, 9.17) is 4.74 Å².